The predicted octanol–water partition coefficient (Wildman–Crippen LogP) is 2.55. The molecule has 0 saturated carbocycles. The summed E-state index contributed by atoms with van der Waals surface area (Å²) in [5.41, 5.74) is 1.18. The SMILES string of the molecule is Cn1cc(NC(=O)c2nc(NC(=O)CCC(=O)Nc3cc(NC(=O)c4nccn4C)cn3C)cn2C)cc1NC(=O)CCCC(=O)Nc1cn(C)c(NC(=O)CCC(=O)Nc2cc(C(=O)Nc3cn(C)c(C(=O)O)n3)n(C)c2)n1. The number of anilines is 9. The molecule has 9 amide bonds. The lowest BCUT2D eigenvalue weighted by Crippen LogP contribution is -2.18. The third-order valence-electron chi connectivity index (χ3n) is 11.6. The van der Waals surface area contributed by atoms with E-state index in [2.05, 4.69) is 67.8 Å². The van der Waals surface area contributed by atoms with Crippen LogP contribution in [0.3, 0.4) is 0 Å². The third kappa shape index (κ3) is 14.8. The second-order valence-corrected chi connectivity index (χ2v) is 18.0. The fourth-order valence-corrected chi connectivity index (χ4v) is 7.71. The van der Waals surface area contributed by atoms with Gasteiger partial charge in [0.1, 0.15) is 17.3 Å². The first-order valence-corrected chi connectivity index (χ1v) is 24.0. The lowest BCUT2D eigenvalue weighted by atomic mass is 10.2. The summed E-state index contributed by atoms with van der Waals surface area (Å²) in [6.45, 7) is 0. The maximum atomic E-state index is 13.2. The zero-order valence-electron chi connectivity index (χ0n) is 43.7. The second kappa shape index (κ2) is 24.4. The van der Waals surface area contributed by atoms with E-state index >= 15 is 0 Å². The minimum absolute atomic E-state index is 0.0251. The highest BCUT2D eigenvalue weighted by Crippen LogP contribution is 2.22. The standard InChI is InChI=1S/C48H56N20O11/c1-62-16-15-49-41(62)45(76)51-27-18-34(65(4)21-27)60-39(73)13-12-38(72)53-30-23-66(5)42(55-30)46(77)52-28-19-33(64(3)22-28)59-36(70)10-8-9-35(69)54-31-25-68(7)48(58-31)61-40(74)14-11-37(71)50-26-17-29(63(2)20-26)44(75)57-32-24-67(6)43(56-32)47(78)79/h15-25H,8-14H2,1-7H3,(H,50,71)(H,51,76)(H,52,77)(H,53,72)(H,54,69)(H,57,75)(H,59,70)(H,60,73)(H,78,79)(H,58,61,74). The molecule has 7 aromatic rings. The van der Waals surface area contributed by atoms with Crippen LogP contribution in [0.25, 0.3) is 0 Å². The number of carbonyl (C=O) groups is 10. The number of rotatable bonds is 23. The number of carboxylic acids is 1. The summed E-state index contributed by atoms with van der Waals surface area (Å²) < 4.78 is 10.3. The van der Waals surface area contributed by atoms with Crippen molar-refractivity contribution in [2.75, 3.05) is 47.9 Å². The normalized spacial score (nSPS) is 10.9. The monoisotopic (exact) mass is 1090 g/mol. The maximum absolute atomic E-state index is 13.2. The molecule has 7 aromatic heterocycles. The van der Waals surface area contributed by atoms with E-state index in [4.69, 9.17) is 0 Å². The fraction of sp³-hybridized carbons (Fsp3) is 0.292. The van der Waals surface area contributed by atoms with Crippen molar-refractivity contribution < 1.29 is 53.1 Å². The average Bonchev–Trinajstić information content (AvgIpc) is 4.26. The lowest BCUT2D eigenvalue weighted by Gasteiger charge is -2.06. The van der Waals surface area contributed by atoms with Gasteiger partial charge >= 0.3 is 5.97 Å². The molecule has 10 N–H and O–H groups in total. The minimum Gasteiger partial charge on any atom is -0.475 e. The number of imidazole rings is 4. The van der Waals surface area contributed by atoms with Gasteiger partial charge in [-0.15, -0.1) is 0 Å². The van der Waals surface area contributed by atoms with Crippen LogP contribution in [0, 0.1) is 0 Å². The molecule has 7 rings (SSSR count). The molecule has 0 saturated heterocycles. The summed E-state index contributed by atoms with van der Waals surface area (Å²) in [6, 6.07) is 4.50. The predicted molar refractivity (Wildman–Crippen MR) is 284 cm³/mol. The van der Waals surface area contributed by atoms with Gasteiger partial charge in [-0.25, -0.2) is 19.7 Å². The number of aromatic nitrogens is 11. The van der Waals surface area contributed by atoms with E-state index < -0.39 is 59.1 Å². The molecule has 0 aliphatic carbocycles. The molecule has 0 spiro atoms. The van der Waals surface area contributed by atoms with Gasteiger partial charge < -0.3 is 79.6 Å². The zero-order valence-corrected chi connectivity index (χ0v) is 43.7. The van der Waals surface area contributed by atoms with E-state index in [1.165, 1.54) is 68.4 Å². The Labute approximate surface area is 448 Å². The average molecular weight is 1090 g/mol. The molecule has 0 aromatic carbocycles. The van der Waals surface area contributed by atoms with E-state index in [0.717, 1.165) is 0 Å². The van der Waals surface area contributed by atoms with E-state index in [1.807, 2.05) is 0 Å². The number of carbonyl (C=O) groups excluding carboxylic acids is 9. The molecule has 7 heterocycles. The van der Waals surface area contributed by atoms with Crippen molar-refractivity contribution in [3.05, 3.63) is 90.9 Å². The van der Waals surface area contributed by atoms with Crippen LogP contribution in [-0.4, -0.2) is 116 Å². The van der Waals surface area contributed by atoms with Crippen molar-refractivity contribution in [2.24, 2.45) is 49.3 Å². The number of hydrogen-bond donors (Lipinski definition) is 10. The Bertz CT molecular complexity index is 3530. The second-order valence-electron chi connectivity index (χ2n) is 18.0. The smallest absolute Gasteiger partial charge is 0.372 e. The molecular formula is C48H56N20O11. The molecule has 0 radical (unpaired) electrons. The number of aryl methyl sites for hydroxylation is 7. The van der Waals surface area contributed by atoms with Crippen molar-refractivity contribution in [3.8, 4) is 0 Å². The van der Waals surface area contributed by atoms with Gasteiger partial charge in [-0.1, -0.05) is 0 Å². The number of hydrogen-bond acceptors (Lipinski definition) is 14. The van der Waals surface area contributed by atoms with Crippen LogP contribution in [0.1, 0.15) is 87.3 Å². The van der Waals surface area contributed by atoms with Crippen molar-refractivity contribution >= 4 is 111 Å². The summed E-state index contributed by atoms with van der Waals surface area (Å²) in [5, 5.41) is 33.0. The number of nitrogens with zero attached hydrogens (tertiary/aromatic N) is 11. The van der Waals surface area contributed by atoms with Gasteiger partial charge in [-0.3, -0.25) is 48.5 Å². The van der Waals surface area contributed by atoms with Gasteiger partial charge in [0.15, 0.2) is 23.3 Å². The minimum atomic E-state index is -1.26. The van der Waals surface area contributed by atoms with Gasteiger partial charge in [0, 0.05) is 150 Å². The Morgan fingerprint density at radius 1 is 0.405 bits per heavy atom. The summed E-state index contributed by atoms with van der Waals surface area (Å²) >= 11 is 0. The van der Waals surface area contributed by atoms with Gasteiger partial charge in [0.05, 0.1) is 17.1 Å². The van der Waals surface area contributed by atoms with E-state index in [-0.39, 0.29) is 97.2 Å². The van der Waals surface area contributed by atoms with Gasteiger partial charge in [0.25, 0.3) is 17.7 Å². The third-order valence-corrected chi connectivity index (χ3v) is 11.6. The molecule has 79 heavy (non-hydrogen) atoms. The highest BCUT2D eigenvalue weighted by Gasteiger charge is 2.22. The maximum Gasteiger partial charge on any atom is 0.372 e. The van der Waals surface area contributed by atoms with Crippen LogP contribution in [0.15, 0.2) is 67.8 Å². The Morgan fingerprint density at radius 3 is 1.41 bits per heavy atom. The molecule has 31 heteroatoms. The Balaban J connectivity index is 0.779. The fourth-order valence-electron chi connectivity index (χ4n) is 7.71. The van der Waals surface area contributed by atoms with Crippen LogP contribution < -0.4 is 47.9 Å². The molecule has 0 aliphatic heterocycles. The van der Waals surface area contributed by atoms with Crippen molar-refractivity contribution in [1.82, 2.24) is 51.9 Å². The number of amides is 9. The largest absolute Gasteiger partial charge is 0.475 e. The van der Waals surface area contributed by atoms with E-state index in [1.54, 1.807) is 80.6 Å². The first kappa shape index (κ1) is 56.1. The first-order valence-electron chi connectivity index (χ1n) is 24.0. The lowest BCUT2D eigenvalue weighted by molar-refractivity contribution is -0.121. The van der Waals surface area contributed by atoms with Crippen LogP contribution in [0.4, 0.5) is 52.1 Å². The number of aromatic carboxylic acids is 1. The summed E-state index contributed by atoms with van der Waals surface area (Å²) in [6.07, 6.45) is 11.3. The van der Waals surface area contributed by atoms with E-state index in [9.17, 15) is 53.1 Å². The van der Waals surface area contributed by atoms with Crippen LogP contribution in [-0.2, 0) is 78.1 Å². The summed E-state index contributed by atoms with van der Waals surface area (Å²) in [5.74, 6) is -4.83. The van der Waals surface area contributed by atoms with Gasteiger partial charge in [0.2, 0.25) is 53.0 Å². The number of carboxylic acid groups (broad SMARTS) is 1. The molecule has 414 valence electrons. The molecule has 0 aliphatic rings. The number of nitrogens with one attached hydrogen (secondary N) is 9. The van der Waals surface area contributed by atoms with Crippen LogP contribution in [0.2, 0.25) is 0 Å². The van der Waals surface area contributed by atoms with Crippen LogP contribution >= 0.6 is 0 Å². The topological polar surface area (TPSA) is 385 Å². The molecule has 0 unspecified atom stereocenters. The van der Waals surface area contributed by atoms with Crippen LogP contribution in [0.5, 0.6) is 0 Å². The Kier molecular flexibility index (Phi) is 17.3. The van der Waals surface area contributed by atoms with Crippen molar-refractivity contribution in [3.63, 3.8) is 0 Å². The Hall–Kier alpha value is -10.6. The molecular weight excluding hydrogens is 1030 g/mol. The first-order chi connectivity index (χ1) is 37.5. The molecule has 0 bridgehead atoms. The van der Waals surface area contributed by atoms with E-state index in [0.29, 0.717) is 23.0 Å². The van der Waals surface area contributed by atoms with Gasteiger partial charge in [-0.2, -0.15) is 4.98 Å². The van der Waals surface area contributed by atoms with Gasteiger partial charge in [-0.05, 0) is 12.5 Å². The highest BCUT2D eigenvalue weighted by molar-refractivity contribution is 6.06. The molecule has 0 atom stereocenters. The highest BCUT2D eigenvalue weighted by atomic mass is 16.4. The zero-order chi connectivity index (χ0) is 57.2. The molecule has 0 fully saturated rings. The molecule has 31 nitrogen and oxygen atoms in total. The Morgan fingerprint density at radius 2 is 0.848 bits per heavy atom. The van der Waals surface area contributed by atoms with Crippen molar-refractivity contribution in [2.45, 2.75) is 44.9 Å². The summed E-state index contributed by atoms with van der Waals surface area (Å²) in [7, 11) is 11.2. The van der Waals surface area contributed by atoms with Crippen molar-refractivity contribution in [1.29, 1.82) is 0 Å². The quantitative estimate of drug-likeness (QED) is 0.0440. The summed E-state index contributed by atoms with van der Waals surface area (Å²) in [4.78, 5) is 143.